The Labute approximate surface area is 162 Å². The van der Waals surface area contributed by atoms with E-state index in [-0.39, 0.29) is 11.5 Å². The normalized spacial score (nSPS) is 15.4. The van der Waals surface area contributed by atoms with Gasteiger partial charge in [-0.25, -0.2) is 4.68 Å². The molecule has 5 nitrogen and oxygen atoms in total. The fourth-order valence-electron chi connectivity index (χ4n) is 4.00. The van der Waals surface area contributed by atoms with Gasteiger partial charge in [0.2, 0.25) is 5.91 Å². The van der Waals surface area contributed by atoms with Gasteiger partial charge >= 0.3 is 0 Å². The predicted octanol–water partition coefficient (Wildman–Crippen LogP) is 4.15. The first-order chi connectivity index (χ1) is 13.1. The molecule has 1 saturated carbocycles. The number of carbonyl (C=O) groups is 1. The molecular formula is C21H25N3O2S. The summed E-state index contributed by atoms with van der Waals surface area (Å²) in [6.45, 7) is 2.42. The molecule has 6 heteroatoms. The SMILES string of the molecule is Cc1nn(CCCC(=O)NC2CCCCC2)c(=O)c2c1sc1ccccc12. The minimum atomic E-state index is -0.0549. The van der Waals surface area contributed by atoms with Crippen LogP contribution in [0.4, 0.5) is 0 Å². The third-order valence-corrected chi connectivity index (χ3v) is 6.67. The molecule has 0 radical (unpaired) electrons. The molecule has 0 bridgehead atoms. The van der Waals surface area contributed by atoms with E-state index in [1.165, 1.54) is 23.9 Å². The number of aromatic nitrogens is 2. The molecule has 2 aromatic heterocycles. The van der Waals surface area contributed by atoms with Crippen molar-refractivity contribution in [1.82, 2.24) is 15.1 Å². The lowest BCUT2D eigenvalue weighted by molar-refractivity contribution is -0.122. The van der Waals surface area contributed by atoms with Crippen molar-refractivity contribution in [3.63, 3.8) is 0 Å². The molecule has 142 valence electrons. The average Bonchev–Trinajstić information content (AvgIpc) is 3.07. The number of hydrogen-bond donors (Lipinski definition) is 1. The Morgan fingerprint density at radius 2 is 2.04 bits per heavy atom. The topological polar surface area (TPSA) is 64.0 Å². The van der Waals surface area contributed by atoms with Crippen molar-refractivity contribution in [3.05, 3.63) is 40.3 Å². The van der Waals surface area contributed by atoms with Gasteiger partial charge < -0.3 is 5.32 Å². The third-order valence-electron chi connectivity index (χ3n) is 5.39. The molecule has 1 amide bonds. The Balaban J connectivity index is 1.47. The monoisotopic (exact) mass is 383 g/mol. The molecule has 0 saturated heterocycles. The van der Waals surface area contributed by atoms with Gasteiger partial charge in [0.05, 0.1) is 15.8 Å². The van der Waals surface area contributed by atoms with Crippen molar-refractivity contribution in [2.24, 2.45) is 0 Å². The van der Waals surface area contributed by atoms with Crippen LogP contribution in [0.25, 0.3) is 20.2 Å². The number of aryl methyl sites for hydroxylation is 2. The van der Waals surface area contributed by atoms with E-state index in [0.29, 0.717) is 25.4 Å². The fraction of sp³-hybridized carbons (Fsp3) is 0.476. The fourth-order valence-corrected chi connectivity index (χ4v) is 5.14. The standard InChI is InChI=1S/C21H25N3O2S/c1-14-20-19(16-10-5-6-11-17(16)27-20)21(26)24(23-14)13-7-12-18(25)22-15-8-3-2-4-9-15/h5-6,10-11,15H,2-4,7-9,12-13H2,1H3,(H,22,25). The van der Waals surface area contributed by atoms with Crippen molar-refractivity contribution in [1.29, 1.82) is 0 Å². The largest absolute Gasteiger partial charge is 0.353 e. The third kappa shape index (κ3) is 3.76. The van der Waals surface area contributed by atoms with Crippen LogP contribution in [0.3, 0.4) is 0 Å². The first-order valence-electron chi connectivity index (χ1n) is 9.82. The van der Waals surface area contributed by atoms with Crippen LogP contribution in [-0.4, -0.2) is 21.7 Å². The second-order valence-corrected chi connectivity index (χ2v) is 8.47. The maximum atomic E-state index is 13.0. The molecule has 3 aromatic rings. The van der Waals surface area contributed by atoms with E-state index in [9.17, 15) is 9.59 Å². The van der Waals surface area contributed by atoms with E-state index in [1.54, 1.807) is 11.3 Å². The van der Waals surface area contributed by atoms with E-state index in [1.807, 2.05) is 31.2 Å². The summed E-state index contributed by atoms with van der Waals surface area (Å²) in [5.41, 5.74) is 0.818. The minimum absolute atomic E-state index is 0.0549. The van der Waals surface area contributed by atoms with Crippen molar-refractivity contribution in [3.8, 4) is 0 Å². The molecule has 1 aliphatic carbocycles. The van der Waals surface area contributed by atoms with Crippen LogP contribution in [0.15, 0.2) is 29.1 Å². The summed E-state index contributed by atoms with van der Waals surface area (Å²) in [7, 11) is 0. The van der Waals surface area contributed by atoms with Gasteiger partial charge in [-0.1, -0.05) is 37.5 Å². The Kier molecular flexibility index (Phi) is 5.25. The Bertz CT molecular complexity index is 1030. The Hall–Kier alpha value is -2.21. The zero-order valence-electron chi connectivity index (χ0n) is 15.7. The number of amides is 1. The van der Waals surface area contributed by atoms with Crippen LogP contribution in [0.5, 0.6) is 0 Å². The average molecular weight is 384 g/mol. The molecular weight excluding hydrogens is 358 g/mol. The van der Waals surface area contributed by atoms with E-state index in [4.69, 9.17) is 0 Å². The molecule has 0 atom stereocenters. The number of hydrogen-bond acceptors (Lipinski definition) is 4. The Morgan fingerprint density at radius 1 is 1.26 bits per heavy atom. The van der Waals surface area contributed by atoms with E-state index in [0.717, 1.165) is 38.7 Å². The van der Waals surface area contributed by atoms with Gasteiger partial charge in [0.1, 0.15) is 0 Å². The van der Waals surface area contributed by atoms with Crippen LogP contribution < -0.4 is 10.9 Å². The molecule has 0 unspecified atom stereocenters. The molecule has 4 rings (SSSR count). The van der Waals surface area contributed by atoms with Gasteiger partial charge in [-0.2, -0.15) is 5.10 Å². The number of nitrogens with zero attached hydrogens (tertiary/aromatic N) is 2. The molecule has 1 N–H and O–H groups in total. The van der Waals surface area contributed by atoms with Gasteiger partial charge in [-0.3, -0.25) is 9.59 Å². The lowest BCUT2D eigenvalue weighted by Gasteiger charge is -2.22. The first-order valence-corrected chi connectivity index (χ1v) is 10.6. The van der Waals surface area contributed by atoms with Crippen molar-refractivity contribution in [2.45, 2.75) is 64.5 Å². The Morgan fingerprint density at radius 3 is 2.85 bits per heavy atom. The van der Waals surface area contributed by atoms with Crippen molar-refractivity contribution >= 4 is 37.4 Å². The van der Waals surface area contributed by atoms with Gasteiger partial charge in [0, 0.05) is 29.1 Å². The number of thiophene rings is 1. The second-order valence-electron chi connectivity index (χ2n) is 7.42. The molecule has 0 spiro atoms. The molecule has 27 heavy (non-hydrogen) atoms. The van der Waals surface area contributed by atoms with E-state index in [2.05, 4.69) is 10.4 Å². The molecule has 0 aliphatic heterocycles. The quantitative estimate of drug-likeness (QED) is 0.720. The summed E-state index contributed by atoms with van der Waals surface area (Å²) in [5, 5.41) is 9.38. The summed E-state index contributed by atoms with van der Waals surface area (Å²) in [5.74, 6) is 0.0914. The predicted molar refractivity (Wildman–Crippen MR) is 110 cm³/mol. The number of benzene rings is 1. The smallest absolute Gasteiger partial charge is 0.276 e. The second kappa shape index (κ2) is 7.80. The number of rotatable bonds is 5. The zero-order valence-corrected chi connectivity index (χ0v) is 16.5. The lowest BCUT2D eigenvalue weighted by Crippen LogP contribution is -2.36. The highest BCUT2D eigenvalue weighted by Gasteiger charge is 2.16. The highest BCUT2D eigenvalue weighted by Crippen LogP contribution is 2.32. The van der Waals surface area contributed by atoms with Crippen molar-refractivity contribution < 1.29 is 4.79 Å². The van der Waals surface area contributed by atoms with Gasteiger partial charge in [-0.05, 0) is 32.3 Å². The maximum absolute atomic E-state index is 13.0. The zero-order chi connectivity index (χ0) is 18.8. The van der Waals surface area contributed by atoms with Crippen LogP contribution in [0.1, 0.15) is 50.6 Å². The molecule has 1 fully saturated rings. The van der Waals surface area contributed by atoms with Crippen LogP contribution in [0, 0.1) is 6.92 Å². The molecule has 2 heterocycles. The highest BCUT2D eigenvalue weighted by atomic mass is 32.1. The van der Waals surface area contributed by atoms with Gasteiger partial charge in [0.15, 0.2) is 0 Å². The summed E-state index contributed by atoms with van der Waals surface area (Å²) < 4.78 is 3.61. The van der Waals surface area contributed by atoms with Crippen LogP contribution >= 0.6 is 11.3 Å². The molecule has 1 aromatic carbocycles. The highest BCUT2D eigenvalue weighted by molar-refractivity contribution is 7.26. The minimum Gasteiger partial charge on any atom is -0.353 e. The van der Waals surface area contributed by atoms with Crippen molar-refractivity contribution in [2.75, 3.05) is 0 Å². The van der Waals surface area contributed by atoms with E-state index < -0.39 is 0 Å². The first kappa shape index (κ1) is 18.2. The van der Waals surface area contributed by atoms with E-state index >= 15 is 0 Å². The lowest BCUT2D eigenvalue weighted by atomic mass is 9.95. The number of nitrogens with one attached hydrogen (secondary N) is 1. The summed E-state index contributed by atoms with van der Waals surface area (Å²) in [6, 6.07) is 8.33. The number of carbonyl (C=O) groups excluding carboxylic acids is 1. The van der Waals surface area contributed by atoms with Crippen LogP contribution in [0.2, 0.25) is 0 Å². The molecule has 1 aliphatic rings. The van der Waals surface area contributed by atoms with Crippen LogP contribution in [-0.2, 0) is 11.3 Å². The summed E-state index contributed by atoms with van der Waals surface area (Å²) in [6.07, 6.45) is 6.93. The maximum Gasteiger partial charge on any atom is 0.276 e. The number of fused-ring (bicyclic) bond motifs is 3. The summed E-state index contributed by atoms with van der Waals surface area (Å²) in [4.78, 5) is 25.1. The van der Waals surface area contributed by atoms with Gasteiger partial charge in [-0.15, -0.1) is 11.3 Å². The summed E-state index contributed by atoms with van der Waals surface area (Å²) >= 11 is 1.62. The van der Waals surface area contributed by atoms with Gasteiger partial charge in [0.25, 0.3) is 5.56 Å².